The van der Waals surface area contributed by atoms with Crippen molar-refractivity contribution in [2.75, 3.05) is 4.90 Å². The molecule has 46 heavy (non-hydrogen) atoms. The quantitative estimate of drug-likeness (QED) is 0.200. The Morgan fingerprint density at radius 3 is 1.85 bits per heavy atom. The number of hydrogen-bond acceptors (Lipinski definition) is 3. The lowest BCUT2D eigenvalue weighted by molar-refractivity contribution is 0.556. The van der Waals surface area contributed by atoms with Gasteiger partial charge >= 0.3 is 0 Å². The minimum absolute atomic E-state index is 0.272. The van der Waals surface area contributed by atoms with Crippen LogP contribution < -0.4 is 4.90 Å². The number of aromatic nitrogens is 1. The zero-order valence-corrected chi connectivity index (χ0v) is 25.0. The van der Waals surface area contributed by atoms with Crippen LogP contribution in [0.5, 0.6) is 0 Å². The number of para-hydroxylation sites is 3. The number of anilines is 2. The van der Waals surface area contributed by atoms with Crippen molar-refractivity contribution in [3.05, 3.63) is 150 Å². The largest absolute Gasteiger partial charge is 0.452 e. The van der Waals surface area contributed by atoms with Crippen LogP contribution in [0.25, 0.3) is 61.0 Å². The Labute approximate surface area is 265 Å². The molecule has 8 aromatic rings. The van der Waals surface area contributed by atoms with Crippen LogP contribution in [0.4, 0.5) is 11.4 Å². The molecule has 0 fully saturated rings. The fourth-order valence-corrected chi connectivity index (χ4v) is 8.47. The van der Waals surface area contributed by atoms with E-state index in [4.69, 9.17) is 8.83 Å². The lowest BCUT2D eigenvalue weighted by Gasteiger charge is -2.28. The fraction of sp³-hybridized carbons (Fsp3) is 0.0952. The third-order valence-electron chi connectivity index (χ3n) is 10.5. The first kappa shape index (κ1) is 24.6. The molecular weight excluding hydrogens is 564 g/mol. The SMILES string of the molecule is C1=CC2c3ccccc3N(c3ccc4oc5c(c4c3)CCc3c-5oc4ccc(-n5c6ccccc6c6ccccc65)cc34)C2C=C1. The van der Waals surface area contributed by atoms with Crippen molar-refractivity contribution in [2.45, 2.75) is 24.8 Å². The summed E-state index contributed by atoms with van der Waals surface area (Å²) >= 11 is 0. The maximum Gasteiger partial charge on any atom is 0.174 e. The van der Waals surface area contributed by atoms with Gasteiger partial charge in [-0.15, -0.1) is 0 Å². The Balaban J connectivity index is 1.05. The third kappa shape index (κ3) is 3.18. The minimum Gasteiger partial charge on any atom is -0.452 e. The maximum atomic E-state index is 6.62. The average molecular weight is 593 g/mol. The molecule has 5 aromatic carbocycles. The topological polar surface area (TPSA) is 34.5 Å². The summed E-state index contributed by atoms with van der Waals surface area (Å²) in [5.41, 5.74) is 11.7. The van der Waals surface area contributed by atoms with Gasteiger partial charge in [0, 0.05) is 55.7 Å². The highest BCUT2D eigenvalue weighted by Gasteiger charge is 2.37. The molecule has 2 atom stereocenters. The summed E-state index contributed by atoms with van der Waals surface area (Å²) in [6, 6.07) is 39.7. The molecule has 4 nitrogen and oxygen atoms in total. The van der Waals surface area contributed by atoms with Gasteiger partial charge in [0.15, 0.2) is 11.5 Å². The van der Waals surface area contributed by atoms with Gasteiger partial charge in [-0.1, -0.05) is 78.9 Å². The summed E-state index contributed by atoms with van der Waals surface area (Å²) in [4.78, 5) is 2.49. The van der Waals surface area contributed by atoms with Crippen LogP contribution in [0.1, 0.15) is 22.6 Å². The van der Waals surface area contributed by atoms with Crippen LogP contribution in [0.15, 0.2) is 142 Å². The second-order valence-corrected chi connectivity index (χ2v) is 12.8. The first-order valence-corrected chi connectivity index (χ1v) is 16.1. The summed E-state index contributed by atoms with van der Waals surface area (Å²) in [5.74, 6) is 2.11. The predicted molar refractivity (Wildman–Crippen MR) is 187 cm³/mol. The number of fused-ring (bicyclic) bond motifs is 13. The van der Waals surface area contributed by atoms with E-state index in [9.17, 15) is 0 Å². The van der Waals surface area contributed by atoms with Gasteiger partial charge in [0.25, 0.3) is 0 Å². The molecule has 0 spiro atoms. The van der Waals surface area contributed by atoms with Crippen LogP contribution in [0.3, 0.4) is 0 Å². The van der Waals surface area contributed by atoms with Crippen LogP contribution in [0, 0.1) is 0 Å². The van der Waals surface area contributed by atoms with E-state index in [0.717, 1.165) is 46.6 Å². The van der Waals surface area contributed by atoms with E-state index in [0.29, 0.717) is 5.92 Å². The van der Waals surface area contributed by atoms with E-state index < -0.39 is 0 Å². The molecule has 4 heterocycles. The molecule has 1 aliphatic heterocycles. The summed E-state index contributed by atoms with van der Waals surface area (Å²) in [6.45, 7) is 0. The van der Waals surface area contributed by atoms with Gasteiger partial charge in [-0.25, -0.2) is 0 Å². The molecule has 11 rings (SSSR count). The van der Waals surface area contributed by atoms with Gasteiger partial charge in [-0.3, -0.25) is 0 Å². The van der Waals surface area contributed by atoms with Crippen LogP contribution >= 0.6 is 0 Å². The number of hydrogen-bond donors (Lipinski definition) is 0. The van der Waals surface area contributed by atoms with Gasteiger partial charge < -0.3 is 18.3 Å². The number of benzene rings is 5. The van der Waals surface area contributed by atoms with E-state index in [1.165, 1.54) is 55.3 Å². The van der Waals surface area contributed by atoms with Crippen molar-refractivity contribution >= 4 is 55.1 Å². The van der Waals surface area contributed by atoms with Crippen molar-refractivity contribution in [3.8, 4) is 17.2 Å². The molecule has 2 aliphatic carbocycles. The third-order valence-corrected chi connectivity index (χ3v) is 10.5. The lowest BCUT2D eigenvalue weighted by atomic mass is 9.91. The molecule has 0 bridgehead atoms. The molecule has 0 saturated heterocycles. The van der Waals surface area contributed by atoms with Crippen molar-refractivity contribution in [1.82, 2.24) is 4.57 Å². The summed E-state index contributed by atoms with van der Waals surface area (Å²) in [7, 11) is 0. The molecule has 2 unspecified atom stereocenters. The van der Waals surface area contributed by atoms with Crippen molar-refractivity contribution in [2.24, 2.45) is 0 Å². The summed E-state index contributed by atoms with van der Waals surface area (Å²) in [6.07, 6.45) is 10.8. The first-order valence-electron chi connectivity index (χ1n) is 16.1. The minimum atomic E-state index is 0.272. The van der Waals surface area contributed by atoms with Crippen LogP contribution in [0.2, 0.25) is 0 Å². The number of furan rings is 2. The second kappa shape index (κ2) is 8.92. The first-order chi connectivity index (χ1) is 22.8. The lowest BCUT2D eigenvalue weighted by Crippen LogP contribution is -2.28. The van der Waals surface area contributed by atoms with Crippen LogP contribution in [-0.2, 0) is 12.8 Å². The Hall–Kier alpha value is -5.74. The van der Waals surface area contributed by atoms with E-state index in [1.807, 2.05) is 0 Å². The average Bonchev–Trinajstić information content (AvgIpc) is 3.85. The van der Waals surface area contributed by atoms with Crippen molar-refractivity contribution in [3.63, 3.8) is 0 Å². The molecule has 3 aliphatic rings. The summed E-state index contributed by atoms with van der Waals surface area (Å²) in [5, 5.41) is 4.88. The summed E-state index contributed by atoms with van der Waals surface area (Å²) < 4.78 is 15.6. The Morgan fingerprint density at radius 1 is 0.543 bits per heavy atom. The molecule has 4 heteroatoms. The monoisotopic (exact) mass is 592 g/mol. The van der Waals surface area contributed by atoms with E-state index in [2.05, 4.69) is 143 Å². The number of aryl methyl sites for hydroxylation is 2. The van der Waals surface area contributed by atoms with Crippen LogP contribution in [-0.4, -0.2) is 10.6 Å². The fourth-order valence-electron chi connectivity index (χ4n) is 8.47. The standard InChI is InChI=1S/C42H28N2O2/c1-5-13-35-27(9-1)28-10-2-6-14-36(28)43(35)25-17-21-39-33(23-25)31-19-20-32-34-24-26(18-22-40(34)46-42(32)41(31)45-39)44-37-15-7-3-11-29(37)30-12-4-8-16-38(30)44/h1-18,21-24,27,35H,19-20H2. The van der Waals surface area contributed by atoms with Gasteiger partial charge in [-0.05, 0) is 73.0 Å². The smallest absolute Gasteiger partial charge is 0.174 e. The van der Waals surface area contributed by atoms with Gasteiger partial charge in [-0.2, -0.15) is 0 Å². The predicted octanol–water partition coefficient (Wildman–Crippen LogP) is 10.8. The number of allylic oxidation sites excluding steroid dienone is 2. The zero-order chi connectivity index (χ0) is 29.9. The highest BCUT2D eigenvalue weighted by Crippen LogP contribution is 2.50. The van der Waals surface area contributed by atoms with E-state index in [1.54, 1.807) is 0 Å². The highest BCUT2D eigenvalue weighted by atomic mass is 16.4. The Morgan fingerprint density at radius 2 is 1.13 bits per heavy atom. The highest BCUT2D eigenvalue weighted by molar-refractivity contribution is 6.09. The molecule has 0 amide bonds. The van der Waals surface area contributed by atoms with Crippen molar-refractivity contribution < 1.29 is 8.83 Å². The second-order valence-electron chi connectivity index (χ2n) is 12.8. The molecule has 0 radical (unpaired) electrons. The van der Waals surface area contributed by atoms with Gasteiger partial charge in [0.05, 0.1) is 17.1 Å². The normalized spacial score (nSPS) is 18.0. The molecule has 0 saturated carbocycles. The number of nitrogens with zero attached hydrogens (tertiary/aromatic N) is 2. The molecule has 0 N–H and O–H groups in total. The van der Waals surface area contributed by atoms with E-state index >= 15 is 0 Å². The Kier molecular flexibility index (Phi) is 4.76. The maximum absolute atomic E-state index is 6.62. The number of rotatable bonds is 2. The molecule has 218 valence electrons. The zero-order valence-electron chi connectivity index (χ0n) is 25.0. The molecular formula is C42H28N2O2. The van der Waals surface area contributed by atoms with Gasteiger partial charge in [0.1, 0.15) is 11.2 Å². The molecule has 3 aromatic heterocycles. The van der Waals surface area contributed by atoms with Crippen molar-refractivity contribution in [1.29, 1.82) is 0 Å². The Bertz CT molecular complexity index is 2570. The van der Waals surface area contributed by atoms with Gasteiger partial charge in [0.2, 0.25) is 0 Å². The van der Waals surface area contributed by atoms with E-state index in [-0.39, 0.29) is 6.04 Å².